The highest BCUT2D eigenvalue weighted by atomic mass is 16.3. The van der Waals surface area contributed by atoms with E-state index >= 15 is 0 Å². The zero-order valence-corrected chi connectivity index (χ0v) is 13.6. The summed E-state index contributed by atoms with van der Waals surface area (Å²) < 4.78 is 1.56. The average Bonchev–Trinajstić information content (AvgIpc) is 3.23. The lowest BCUT2D eigenvalue weighted by atomic mass is 9.85. The van der Waals surface area contributed by atoms with E-state index < -0.39 is 11.7 Å². The number of aliphatic hydroxyl groups excluding tert-OH is 1. The van der Waals surface area contributed by atoms with Gasteiger partial charge in [0.25, 0.3) is 11.7 Å². The number of Topliss-reactive ketones (excluding diaryl/α,β-unsaturated/α-hetero) is 1. The van der Waals surface area contributed by atoms with E-state index in [1.807, 2.05) is 37.3 Å². The van der Waals surface area contributed by atoms with Crippen LogP contribution in [0.2, 0.25) is 0 Å². The first-order valence-corrected chi connectivity index (χ1v) is 8.10. The van der Waals surface area contributed by atoms with Gasteiger partial charge in [-0.3, -0.25) is 9.59 Å². The van der Waals surface area contributed by atoms with Crippen LogP contribution in [0.3, 0.4) is 0 Å². The fourth-order valence-electron chi connectivity index (χ4n) is 3.19. The third kappa shape index (κ3) is 3.10. The summed E-state index contributed by atoms with van der Waals surface area (Å²) in [7, 11) is 0. The molecule has 1 aromatic carbocycles. The second-order valence-corrected chi connectivity index (χ2v) is 6.57. The van der Waals surface area contributed by atoms with E-state index in [0.29, 0.717) is 0 Å². The molecule has 3 rings (SSSR count). The molecule has 0 radical (unpaired) electrons. The minimum absolute atomic E-state index is 0.00191. The molecule has 24 heavy (non-hydrogen) atoms. The Morgan fingerprint density at radius 3 is 2.83 bits per heavy atom. The molecule has 0 spiro atoms. The zero-order valence-electron chi connectivity index (χ0n) is 13.6. The van der Waals surface area contributed by atoms with E-state index in [9.17, 15) is 14.7 Å². The second kappa shape index (κ2) is 6.57. The van der Waals surface area contributed by atoms with E-state index in [4.69, 9.17) is 0 Å². The molecule has 6 heteroatoms. The first-order chi connectivity index (χ1) is 11.5. The number of aromatic nitrogens is 2. The van der Waals surface area contributed by atoms with E-state index in [-0.39, 0.29) is 23.6 Å². The Balaban J connectivity index is 1.71. The van der Waals surface area contributed by atoms with E-state index in [1.165, 1.54) is 6.20 Å². The molecule has 0 bridgehead atoms. The van der Waals surface area contributed by atoms with Gasteiger partial charge in [0.1, 0.15) is 0 Å². The van der Waals surface area contributed by atoms with Crippen LogP contribution >= 0.6 is 0 Å². The molecular formula is C18H21N3O3. The number of carbonyl (C=O) groups excluding carboxylic acids is 2. The number of benzene rings is 1. The summed E-state index contributed by atoms with van der Waals surface area (Å²) in [5.41, 5.74) is 0.713. The van der Waals surface area contributed by atoms with Crippen molar-refractivity contribution in [3.63, 3.8) is 0 Å². The number of hydrogen-bond acceptors (Lipinski definition) is 4. The third-order valence-corrected chi connectivity index (χ3v) is 4.82. The van der Waals surface area contributed by atoms with Crippen LogP contribution in [0.1, 0.15) is 36.5 Å². The van der Waals surface area contributed by atoms with Gasteiger partial charge in [0.2, 0.25) is 0 Å². The second-order valence-electron chi connectivity index (χ2n) is 6.57. The van der Waals surface area contributed by atoms with Crippen LogP contribution in [0.5, 0.6) is 0 Å². The Morgan fingerprint density at radius 1 is 1.38 bits per heavy atom. The molecule has 2 unspecified atom stereocenters. The maximum atomic E-state index is 12.3. The van der Waals surface area contributed by atoms with Gasteiger partial charge in [0, 0.05) is 17.7 Å². The van der Waals surface area contributed by atoms with Crippen LogP contribution in [0.4, 0.5) is 0 Å². The van der Waals surface area contributed by atoms with Gasteiger partial charge in [-0.1, -0.05) is 31.5 Å². The van der Waals surface area contributed by atoms with Crippen molar-refractivity contribution in [3.05, 3.63) is 48.3 Å². The topological polar surface area (TPSA) is 84.2 Å². The van der Waals surface area contributed by atoms with Gasteiger partial charge in [-0.05, 0) is 25.0 Å². The molecule has 1 saturated carbocycles. The van der Waals surface area contributed by atoms with Crippen molar-refractivity contribution in [2.75, 3.05) is 6.61 Å². The molecule has 1 heterocycles. The molecule has 1 aromatic heterocycles. The number of hydrogen-bond donors (Lipinski definition) is 2. The molecule has 2 aromatic rings. The normalized spacial score (nSPS) is 23.2. The number of aliphatic hydroxyl groups is 1. The number of nitrogens with one attached hydrogen (secondary N) is 1. The number of para-hydroxylation sites is 1. The van der Waals surface area contributed by atoms with Gasteiger partial charge < -0.3 is 10.4 Å². The lowest BCUT2D eigenvalue weighted by molar-refractivity contribution is -0.118. The molecule has 2 N–H and O–H groups in total. The highest BCUT2D eigenvalue weighted by Crippen LogP contribution is 2.37. The van der Waals surface area contributed by atoms with E-state index in [0.717, 1.165) is 24.9 Å². The summed E-state index contributed by atoms with van der Waals surface area (Å²) in [6.45, 7) is 1.93. The molecule has 126 valence electrons. The molecule has 1 fully saturated rings. The van der Waals surface area contributed by atoms with Crippen molar-refractivity contribution in [3.8, 4) is 5.69 Å². The van der Waals surface area contributed by atoms with Crippen molar-refractivity contribution in [2.24, 2.45) is 5.41 Å². The van der Waals surface area contributed by atoms with Crippen LogP contribution in [0, 0.1) is 5.41 Å². The zero-order chi connectivity index (χ0) is 17.2. The van der Waals surface area contributed by atoms with Crippen molar-refractivity contribution >= 4 is 11.7 Å². The highest BCUT2D eigenvalue weighted by Gasteiger charge is 2.40. The minimum atomic E-state index is -0.644. The van der Waals surface area contributed by atoms with Crippen molar-refractivity contribution < 1.29 is 14.7 Å². The quantitative estimate of drug-likeness (QED) is 0.647. The minimum Gasteiger partial charge on any atom is -0.396 e. The number of rotatable bonds is 5. The smallest absolute Gasteiger partial charge is 0.292 e. The number of ketones is 1. The maximum Gasteiger partial charge on any atom is 0.292 e. The molecule has 0 aliphatic heterocycles. The predicted octanol–water partition coefficient (Wildman–Crippen LogP) is 1.72. The van der Waals surface area contributed by atoms with Crippen LogP contribution in [-0.4, -0.2) is 39.2 Å². The van der Waals surface area contributed by atoms with Crippen molar-refractivity contribution in [2.45, 2.75) is 32.2 Å². The Labute approximate surface area is 140 Å². The fourth-order valence-corrected chi connectivity index (χ4v) is 3.19. The van der Waals surface area contributed by atoms with E-state index in [1.54, 1.807) is 10.9 Å². The molecule has 0 saturated heterocycles. The molecule has 1 amide bonds. The Morgan fingerprint density at radius 2 is 2.12 bits per heavy atom. The van der Waals surface area contributed by atoms with Crippen LogP contribution in [-0.2, 0) is 4.79 Å². The van der Waals surface area contributed by atoms with Crippen LogP contribution in [0.25, 0.3) is 5.69 Å². The van der Waals surface area contributed by atoms with Gasteiger partial charge in [0.05, 0.1) is 24.1 Å². The Bertz CT molecular complexity index is 741. The lowest BCUT2D eigenvalue weighted by Crippen LogP contribution is -2.47. The van der Waals surface area contributed by atoms with Gasteiger partial charge in [0.15, 0.2) is 0 Å². The first-order valence-electron chi connectivity index (χ1n) is 8.10. The average molecular weight is 327 g/mol. The SMILES string of the molecule is CC1(CO)CCCC1NC(=O)C(=O)c1cnn(-c2ccccc2)c1. The predicted molar refractivity (Wildman–Crippen MR) is 88.9 cm³/mol. The Kier molecular flexibility index (Phi) is 4.49. The van der Waals surface area contributed by atoms with E-state index in [2.05, 4.69) is 10.4 Å². The maximum absolute atomic E-state index is 12.3. The molecular weight excluding hydrogens is 306 g/mol. The molecule has 1 aliphatic carbocycles. The summed E-state index contributed by atoms with van der Waals surface area (Å²) in [4.78, 5) is 24.6. The van der Waals surface area contributed by atoms with Crippen LogP contribution in [0.15, 0.2) is 42.7 Å². The van der Waals surface area contributed by atoms with Gasteiger partial charge in [-0.25, -0.2) is 4.68 Å². The number of nitrogens with zero attached hydrogens (tertiary/aromatic N) is 2. The summed E-state index contributed by atoms with van der Waals surface area (Å²) >= 11 is 0. The van der Waals surface area contributed by atoms with Crippen LogP contribution < -0.4 is 5.32 Å². The van der Waals surface area contributed by atoms with Gasteiger partial charge >= 0.3 is 0 Å². The fraction of sp³-hybridized carbons (Fsp3) is 0.389. The standard InChI is InChI=1S/C18H21N3O3/c1-18(12-22)9-5-8-15(18)20-17(24)16(23)13-10-19-21(11-13)14-6-3-2-4-7-14/h2-4,6-7,10-11,15,22H,5,8-9,12H2,1H3,(H,20,24). The molecule has 1 aliphatic rings. The molecule has 2 atom stereocenters. The monoisotopic (exact) mass is 327 g/mol. The number of carbonyl (C=O) groups is 2. The summed E-state index contributed by atoms with van der Waals surface area (Å²) in [6, 6.07) is 9.20. The largest absolute Gasteiger partial charge is 0.396 e. The Hall–Kier alpha value is -2.47. The summed E-state index contributed by atoms with van der Waals surface area (Å²) in [5, 5.41) is 16.5. The first kappa shape index (κ1) is 16.4. The van der Waals surface area contributed by atoms with Gasteiger partial charge in [-0.2, -0.15) is 5.10 Å². The summed E-state index contributed by atoms with van der Waals surface area (Å²) in [5.74, 6) is -1.25. The lowest BCUT2D eigenvalue weighted by Gasteiger charge is -2.29. The summed E-state index contributed by atoms with van der Waals surface area (Å²) in [6.07, 6.45) is 5.50. The highest BCUT2D eigenvalue weighted by molar-refractivity contribution is 6.42. The third-order valence-electron chi connectivity index (χ3n) is 4.82. The molecule has 6 nitrogen and oxygen atoms in total. The number of amides is 1. The van der Waals surface area contributed by atoms with Crippen molar-refractivity contribution in [1.29, 1.82) is 0 Å². The van der Waals surface area contributed by atoms with Crippen molar-refractivity contribution in [1.82, 2.24) is 15.1 Å². The van der Waals surface area contributed by atoms with Gasteiger partial charge in [-0.15, -0.1) is 0 Å².